The highest BCUT2D eigenvalue weighted by atomic mass is 32.2. The SMILES string of the molecule is O=[N+]([O-])c1ccc(NCC2CCCS2)c(C(F)F)c1. The smallest absolute Gasteiger partial charge is 0.270 e. The number of thioether (sulfide) groups is 1. The van der Waals surface area contributed by atoms with Gasteiger partial charge in [0.15, 0.2) is 0 Å². The summed E-state index contributed by atoms with van der Waals surface area (Å²) in [6, 6.07) is 3.55. The third-order valence-corrected chi connectivity index (χ3v) is 4.42. The first-order valence-electron chi connectivity index (χ1n) is 6.00. The number of nitrogens with one attached hydrogen (secondary N) is 1. The standard InChI is InChI=1S/C12H14F2N2O2S/c13-12(14)10-6-8(16(17)18)3-4-11(10)15-7-9-2-1-5-19-9/h3-4,6,9,12,15H,1-2,5,7H2. The van der Waals surface area contributed by atoms with E-state index in [2.05, 4.69) is 5.32 Å². The highest BCUT2D eigenvalue weighted by molar-refractivity contribution is 8.00. The van der Waals surface area contributed by atoms with Crippen molar-refractivity contribution in [2.75, 3.05) is 17.6 Å². The maximum Gasteiger partial charge on any atom is 0.270 e. The number of nitro benzene ring substituents is 1. The van der Waals surface area contributed by atoms with Crippen LogP contribution < -0.4 is 5.32 Å². The molecular weight excluding hydrogens is 274 g/mol. The highest BCUT2D eigenvalue weighted by Crippen LogP contribution is 2.32. The predicted molar refractivity (Wildman–Crippen MR) is 72.0 cm³/mol. The molecule has 1 heterocycles. The van der Waals surface area contributed by atoms with Gasteiger partial charge in [-0.2, -0.15) is 11.8 Å². The number of nitrogens with zero attached hydrogens (tertiary/aromatic N) is 1. The summed E-state index contributed by atoms with van der Waals surface area (Å²) in [5.41, 5.74) is -0.332. The zero-order valence-electron chi connectivity index (χ0n) is 10.1. The van der Waals surface area contributed by atoms with Crippen molar-refractivity contribution in [2.24, 2.45) is 0 Å². The van der Waals surface area contributed by atoms with Gasteiger partial charge in [0, 0.05) is 35.2 Å². The Hall–Kier alpha value is -1.37. The molecule has 1 atom stereocenters. The molecule has 1 fully saturated rings. The normalized spacial score (nSPS) is 18.8. The van der Waals surface area contributed by atoms with Crippen LogP contribution in [0, 0.1) is 10.1 Å². The van der Waals surface area contributed by atoms with Crippen LogP contribution in [-0.4, -0.2) is 22.5 Å². The second kappa shape index (κ2) is 6.18. The molecule has 1 aliphatic heterocycles. The molecule has 1 aliphatic rings. The monoisotopic (exact) mass is 288 g/mol. The molecule has 0 spiro atoms. The molecule has 1 N–H and O–H groups in total. The third kappa shape index (κ3) is 3.56. The Morgan fingerprint density at radius 2 is 2.32 bits per heavy atom. The first-order valence-corrected chi connectivity index (χ1v) is 7.05. The molecule has 0 aliphatic carbocycles. The topological polar surface area (TPSA) is 55.2 Å². The first kappa shape index (κ1) is 14.0. The summed E-state index contributed by atoms with van der Waals surface area (Å²) in [5.74, 6) is 1.11. The molecular formula is C12H14F2N2O2S. The Morgan fingerprint density at radius 3 is 2.89 bits per heavy atom. The van der Waals surface area contributed by atoms with Crippen molar-refractivity contribution in [3.8, 4) is 0 Å². The van der Waals surface area contributed by atoms with Crippen molar-refractivity contribution in [2.45, 2.75) is 24.5 Å². The molecule has 1 saturated heterocycles. The van der Waals surface area contributed by atoms with Crippen LogP contribution in [0.15, 0.2) is 18.2 Å². The molecule has 104 valence electrons. The van der Waals surface area contributed by atoms with Crippen LogP contribution in [0.3, 0.4) is 0 Å². The molecule has 0 aromatic heterocycles. The van der Waals surface area contributed by atoms with Gasteiger partial charge in [-0.25, -0.2) is 8.78 Å². The van der Waals surface area contributed by atoms with E-state index in [1.807, 2.05) is 11.8 Å². The molecule has 4 nitrogen and oxygen atoms in total. The van der Waals surface area contributed by atoms with Crippen molar-refractivity contribution in [1.82, 2.24) is 0 Å². The van der Waals surface area contributed by atoms with Gasteiger partial charge in [-0.3, -0.25) is 10.1 Å². The lowest BCUT2D eigenvalue weighted by molar-refractivity contribution is -0.385. The lowest BCUT2D eigenvalue weighted by atomic mass is 10.1. The van der Waals surface area contributed by atoms with Crippen molar-refractivity contribution in [1.29, 1.82) is 0 Å². The number of benzene rings is 1. The molecule has 7 heteroatoms. The van der Waals surface area contributed by atoms with E-state index in [-0.39, 0.29) is 16.9 Å². The van der Waals surface area contributed by atoms with E-state index in [0.29, 0.717) is 11.8 Å². The number of anilines is 1. The molecule has 1 unspecified atom stereocenters. The summed E-state index contributed by atoms with van der Waals surface area (Å²) >= 11 is 1.83. The Morgan fingerprint density at radius 1 is 1.53 bits per heavy atom. The van der Waals surface area contributed by atoms with E-state index in [0.717, 1.165) is 24.7 Å². The van der Waals surface area contributed by atoms with Crippen LogP contribution >= 0.6 is 11.8 Å². The van der Waals surface area contributed by atoms with Gasteiger partial charge in [0.05, 0.1) is 4.92 Å². The summed E-state index contributed by atoms with van der Waals surface area (Å²) in [4.78, 5) is 9.93. The summed E-state index contributed by atoms with van der Waals surface area (Å²) in [6.45, 7) is 0.613. The van der Waals surface area contributed by atoms with Crippen LogP contribution in [0.25, 0.3) is 0 Å². The number of hydrogen-bond donors (Lipinski definition) is 1. The maximum absolute atomic E-state index is 12.9. The fourth-order valence-electron chi connectivity index (χ4n) is 2.03. The lowest BCUT2D eigenvalue weighted by Crippen LogP contribution is -2.14. The van der Waals surface area contributed by atoms with Crippen LogP contribution in [0.1, 0.15) is 24.8 Å². The first-order chi connectivity index (χ1) is 9.08. The molecule has 1 aromatic carbocycles. The fourth-order valence-corrected chi connectivity index (χ4v) is 3.24. The van der Waals surface area contributed by atoms with Crippen molar-refractivity contribution >= 4 is 23.1 Å². The maximum atomic E-state index is 12.9. The van der Waals surface area contributed by atoms with Gasteiger partial charge in [0.25, 0.3) is 12.1 Å². The zero-order valence-corrected chi connectivity index (χ0v) is 11.0. The lowest BCUT2D eigenvalue weighted by Gasteiger charge is -2.14. The van der Waals surface area contributed by atoms with E-state index in [4.69, 9.17) is 0 Å². The van der Waals surface area contributed by atoms with E-state index in [9.17, 15) is 18.9 Å². The molecule has 0 bridgehead atoms. The average molecular weight is 288 g/mol. The average Bonchev–Trinajstić information content (AvgIpc) is 2.89. The van der Waals surface area contributed by atoms with Crippen LogP contribution in [0.5, 0.6) is 0 Å². The van der Waals surface area contributed by atoms with Crippen molar-refractivity contribution in [3.05, 3.63) is 33.9 Å². The Bertz CT molecular complexity index is 465. The minimum atomic E-state index is -2.72. The number of halogens is 2. The van der Waals surface area contributed by atoms with Crippen LogP contribution in [-0.2, 0) is 0 Å². The van der Waals surface area contributed by atoms with Gasteiger partial charge in [-0.05, 0) is 24.7 Å². The molecule has 0 radical (unpaired) electrons. The zero-order chi connectivity index (χ0) is 13.8. The summed E-state index contributed by atoms with van der Waals surface area (Å²) in [6.07, 6.45) is -0.494. The largest absolute Gasteiger partial charge is 0.384 e. The van der Waals surface area contributed by atoms with E-state index in [1.165, 1.54) is 12.1 Å². The van der Waals surface area contributed by atoms with Gasteiger partial charge in [0.2, 0.25) is 0 Å². The van der Waals surface area contributed by atoms with Crippen molar-refractivity contribution < 1.29 is 13.7 Å². The quantitative estimate of drug-likeness (QED) is 0.660. The second-order valence-electron chi connectivity index (χ2n) is 4.35. The summed E-state index contributed by atoms with van der Waals surface area (Å²) in [5, 5.41) is 14.0. The molecule has 0 saturated carbocycles. The van der Waals surface area contributed by atoms with Crippen LogP contribution in [0.2, 0.25) is 0 Å². The fraction of sp³-hybridized carbons (Fsp3) is 0.500. The molecule has 0 amide bonds. The number of non-ortho nitro benzene ring substituents is 1. The predicted octanol–water partition coefficient (Wildman–Crippen LogP) is 3.84. The Balaban J connectivity index is 2.11. The molecule has 19 heavy (non-hydrogen) atoms. The van der Waals surface area contributed by atoms with Gasteiger partial charge >= 0.3 is 0 Å². The number of rotatable bonds is 5. The van der Waals surface area contributed by atoms with Gasteiger partial charge in [0.1, 0.15) is 0 Å². The van der Waals surface area contributed by atoms with E-state index in [1.54, 1.807) is 0 Å². The minimum absolute atomic E-state index is 0.285. The van der Waals surface area contributed by atoms with Gasteiger partial charge in [-0.15, -0.1) is 0 Å². The van der Waals surface area contributed by atoms with Crippen molar-refractivity contribution in [3.63, 3.8) is 0 Å². The van der Waals surface area contributed by atoms with Crippen LogP contribution in [0.4, 0.5) is 20.2 Å². The number of nitro groups is 1. The Labute approximate surface area is 113 Å². The van der Waals surface area contributed by atoms with E-state index >= 15 is 0 Å². The number of hydrogen-bond acceptors (Lipinski definition) is 4. The second-order valence-corrected chi connectivity index (χ2v) is 5.75. The molecule has 1 aromatic rings. The minimum Gasteiger partial charge on any atom is -0.384 e. The summed E-state index contributed by atoms with van der Waals surface area (Å²) in [7, 11) is 0. The molecule has 2 rings (SSSR count). The Kier molecular flexibility index (Phi) is 4.57. The number of alkyl halides is 2. The third-order valence-electron chi connectivity index (χ3n) is 3.03. The summed E-state index contributed by atoms with van der Waals surface area (Å²) < 4.78 is 25.8. The highest BCUT2D eigenvalue weighted by Gasteiger charge is 2.20. The van der Waals surface area contributed by atoms with Gasteiger partial charge in [-0.1, -0.05) is 0 Å². The van der Waals surface area contributed by atoms with E-state index < -0.39 is 11.3 Å². The van der Waals surface area contributed by atoms with Gasteiger partial charge < -0.3 is 5.32 Å².